The molecule has 100 valence electrons. The largest absolute Gasteiger partial charge is 0.504 e. The van der Waals surface area contributed by atoms with Crippen LogP contribution in [0.1, 0.15) is 43.5 Å². The first-order chi connectivity index (χ1) is 8.69. The van der Waals surface area contributed by atoms with Crippen LogP contribution in [-0.2, 0) is 0 Å². The highest BCUT2D eigenvalue weighted by Crippen LogP contribution is 2.27. The highest BCUT2D eigenvalue weighted by molar-refractivity contribution is 5.94. The first-order valence-electron chi connectivity index (χ1n) is 6.43. The second-order valence-electron chi connectivity index (χ2n) is 4.10. The molecule has 1 aromatic rings. The molecule has 0 aliphatic rings. The van der Waals surface area contributed by atoms with Gasteiger partial charge in [0.1, 0.15) is 0 Å². The SMILES string of the molecule is CCCCCOc1cc(C(=O)NCC)ccc1O. The summed E-state index contributed by atoms with van der Waals surface area (Å²) in [5, 5.41) is 12.4. The number of ether oxygens (including phenoxy) is 1. The van der Waals surface area contributed by atoms with Crippen molar-refractivity contribution in [3.8, 4) is 11.5 Å². The number of rotatable bonds is 7. The van der Waals surface area contributed by atoms with Gasteiger partial charge in [-0.15, -0.1) is 0 Å². The number of aromatic hydroxyl groups is 1. The van der Waals surface area contributed by atoms with Crippen LogP contribution in [0.3, 0.4) is 0 Å². The lowest BCUT2D eigenvalue weighted by Gasteiger charge is -2.09. The Hall–Kier alpha value is -1.71. The molecule has 1 aromatic carbocycles. The Bertz CT molecular complexity index is 391. The van der Waals surface area contributed by atoms with Crippen molar-refractivity contribution in [3.63, 3.8) is 0 Å². The molecule has 1 rings (SSSR count). The van der Waals surface area contributed by atoms with E-state index < -0.39 is 0 Å². The summed E-state index contributed by atoms with van der Waals surface area (Å²) in [6.45, 7) is 5.11. The maximum absolute atomic E-state index is 11.6. The van der Waals surface area contributed by atoms with E-state index in [-0.39, 0.29) is 11.7 Å². The Morgan fingerprint density at radius 3 is 2.78 bits per heavy atom. The van der Waals surface area contributed by atoms with E-state index in [1.54, 1.807) is 12.1 Å². The van der Waals surface area contributed by atoms with Crippen LogP contribution in [0.5, 0.6) is 11.5 Å². The number of carbonyl (C=O) groups is 1. The Morgan fingerprint density at radius 1 is 1.33 bits per heavy atom. The van der Waals surface area contributed by atoms with Crippen molar-refractivity contribution in [2.24, 2.45) is 0 Å². The zero-order valence-electron chi connectivity index (χ0n) is 11.0. The molecule has 0 saturated carbocycles. The molecular weight excluding hydrogens is 230 g/mol. The predicted molar refractivity (Wildman–Crippen MR) is 71.1 cm³/mol. The quantitative estimate of drug-likeness (QED) is 0.732. The summed E-state index contributed by atoms with van der Waals surface area (Å²) in [4.78, 5) is 11.6. The van der Waals surface area contributed by atoms with Crippen molar-refractivity contribution in [2.45, 2.75) is 33.1 Å². The number of nitrogens with one attached hydrogen (secondary N) is 1. The minimum Gasteiger partial charge on any atom is -0.504 e. The number of hydrogen-bond acceptors (Lipinski definition) is 3. The molecule has 0 spiro atoms. The number of amides is 1. The summed E-state index contributed by atoms with van der Waals surface area (Å²) >= 11 is 0. The van der Waals surface area contributed by atoms with E-state index in [0.29, 0.717) is 24.5 Å². The third kappa shape index (κ3) is 4.28. The average molecular weight is 251 g/mol. The molecule has 0 atom stereocenters. The monoisotopic (exact) mass is 251 g/mol. The maximum Gasteiger partial charge on any atom is 0.251 e. The summed E-state index contributed by atoms with van der Waals surface area (Å²) in [7, 11) is 0. The van der Waals surface area contributed by atoms with Gasteiger partial charge in [-0.25, -0.2) is 0 Å². The number of unbranched alkanes of at least 4 members (excludes halogenated alkanes) is 2. The molecule has 18 heavy (non-hydrogen) atoms. The van der Waals surface area contributed by atoms with E-state index >= 15 is 0 Å². The van der Waals surface area contributed by atoms with Crippen LogP contribution in [0.15, 0.2) is 18.2 Å². The van der Waals surface area contributed by atoms with Gasteiger partial charge in [0.2, 0.25) is 0 Å². The van der Waals surface area contributed by atoms with Crippen LogP contribution in [-0.4, -0.2) is 24.2 Å². The summed E-state index contributed by atoms with van der Waals surface area (Å²) in [6.07, 6.45) is 3.16. The molecule has 0 aliphatic heterocycles. The van der Waals surface area contributed by atoms with Gasteiger partial charge in [-0.1, -0.05) is 19.8 Å². The van der Waals surface area contributed by atoms with E-state index in [1.165, 1.54) is 6.07 Å². The normalized spacial score (nSPS) is 10.1. The topological polar surface area (TPSA) is 58.6 Å². The Labute approximate surface area is 108 Å². The predicted octanol–water partition coefficient (Wildman–Crippen LogP) is 2.71. The third-order valence-electron chi connectivity index (χ3n) is 2.56. The fraction of sp³-hybridized carbons (Fsp3) is 0.500. The molecule has 1 amide bonds. The second kappa shape index (κ2) is 7.58. The van der Waals surface area contributed by atoms with Crippen molar-refractivity contribution in [1.82, 2.24) is 5.32 Å². The fourth-order valence-corrected chi connectivity index (χ4v) is 1.57. The van der Waals surface area contributed by atoms with E-state index in [0.717, 1.165) is 19.3 Å². The van der Waals surface area contributed by atoms with Gasteiger partial charge in [0.25, 0.3) is 5.91 Å². The Kier molecular flexibility index (Phi) is 6.05. The lowest BCUT2D eigenvalue weighted by molar-refractivity contribution is 0.0955. The molecule has 0 radical (unpaired) electrons. The zero-order chi connectivity index (χ0) is 13.4. The lowest BCUT2D eigenvalue weighted by atomic mass is 10.2. The molecule has 0 aliphatic carbocycles. The summed E-state index contributed by atoms with van der Waals surface area (Å²) in [5.41, 5.74) is 0.500. The molecule has 0 unspecified atom stereocenters. The Morgan fingerprint density at radius 2 is 2.11 bits per heavy atom. The van der Waals surface area contributed by atoms with E-state index in [4.69, 9.17) is 4.74 Å². The molecule has 0 bridgehead atoms. The maximum atomic E-state index is 11.6. The van der Waals surface area contributed by atoms with Crippen LogP contribution >= 0.6 is 0 Å². The van der Waals surface area contributed by atoms with Crippen LogP contribution < -0.4 is 10.1 Å². The highest BCUT2D eigenvalue weighted by Gasteiger charge is 2.09. The van der Waals surface area contributed by atoms with E-state index in [2.05, 4.69) is 12.2 Å². The number of benzene rings is 1. The van der Waals surface area contributed by atoms with Gasteiger partial charge >= 0.3 is 0 Å². The van der Waals surface area contributed by atoms with Crippen LogP contribution in [0.2, 0.25) is 0 Å². The van der Waals surface area contributed by atoms with E-state index in [1.807, 2.05) is 6.92 Å². The van der Waals surface area contributed by atoms with Gasteiger partial charge < -0.3 is 15.2 Å². The smallest absolute Gasteiger partial charge is 0.251 e. The number of phenols is 1. The molecule has 0 aromatic heterocycles. The summed E-state index contributed by atoms with van der Waals surface area (Å²) in [5.74, 6) is 0.283. The van der Waals surface area contributed by atoms with Crippen molar-refractivity contribution < 1.29 is 14.6 Å². The summed E-state index contributed by atoms with van der Waals surface area (Å²) in [6, 6.07) is 4.64. The average Bonchev–Trinajstić information content (AvgIpc) is 2.37. The molecule has 0 saturated heterocycles. The number of carbonyl (C=O) groups excluding carboxylic acids is 1. The standard InChI is InChI=1S/C14H21NO3/c1-3-5-6-9-18-13-10-11(7-8-12(13)16)14(17)15-4-2/h7-8,10,16H,3-6,9H2,1-2H3,(H,15,17). The van der Waals surface area contributed by atoms with Gasteiger partial charge in [0, 0.05) is 12.1 Å². The van der Waals surface area contributed by atoms with Crippen molar-refractivity contribution >= 4 is 5.91 Å². The number of phenolic OH excluding ortho intramolecular Hbond substituents is 1. The van der Waals surface area contributed by atoms with Crippen LogP contribution in [0.25, 0.3) is 0 Å². The minimum atomic E-state index is -0.157. The van der Waals surface area contributed by atoms with Gasteiger partial charge in [-0.3, -0.25) is 4.79 Å². The molecule has 2 N–H and O–H groups in total. The third-order valence-corrected chi connectivity index (χ3v) is 2.56. The van der Waals surface area contributed by atoms with Gasteiger partial charge in [-0.2, -0.15) is 0 Å². The summed E-state index contributed by atoms with van der Waals surface area (Å²) < 4.78 is 5.48. The van der Waals surface area contributed by atoms with Gasteiger partial charge in [-0.05, 0) is 31.5 Å². The van der Waals surface area contributed by atoms with Gasteiger partial charge in [0.15, 0.2) is 11.5 Å². The van der Waals surface area contributed by atoms with Crippen molar-refractivity contribution in [3.05, 3.63) is 23.8 Å². The molecule has 4 heteroatoms. The fourth-order valence-electron chi connectivity index (χ4n) is 1.57. The van der Waals surface area contributed by atoms with Crippen molar-refractivity contribution in [1.29, 1.82) is 0 Å². The second-order valence-corrected chi connectivity index (χ2v) is 4.10. The van der Waals surface area contributed by atoms with Crippen molar-refractivity contribution in [2.75, 3.05) is 13.2 Å². The molecule has 0 fully saturated rings. The first-order valence-corrected chi connectivity index (χ1v) is 6.43. The zero-order valence-corrected chi connectivity index (χ0v) is 11.0. The van der Waals surface area contributed by atoms with Crippen LogP contribution in [0, 0.1) is 0 Å². The number of hydrogen-bond donors (Lipinski definition) is 2. The highest BCUT2D eigenvalue weighted by atomic mass is 16.5. The molecular formula is C14H21NO3. The first kappa shape index (κ1) is 14.4. The minimum absolute atomic E-state index is 0.0690. The lowest BCUT2D eigenvalue weighted by Crippen LogP contribution is -2.22. The molecule has 0 heterocycles. The van der Waals surface area contributed by atoms with Gasteiger partial charge in [0.05, 0.1) is 6.61 Å². The Balaban J connectivity index is 2.66. The van der Waals surface area contributed by atoms with E-state index in [9.17, 15) is 9.90 Å². The van der Waals surface area contributed by atoms with Crippen LogP contribution in [0.4, 0.5) is 0 Å². The molecule has 4 nitrogen and oxygen atoms in total.